The molecular formula is C18H25ClN6. The number of aromatic nitrogens is 4. The molecule has 25 heavy (non-hydrogen) atoms. The van der Waals surface area contributed by atoms with Gasteiger partial charge < -0.3 is 10.2 Å². The molecule has 7 heteroatoms. The Bertz CT molecular complexity index is 736. The van der Waals surface area contributed by atoms with Gasteiger partial charge >= 0.3 is 0 Å². The quantitative estimate of drug-likeness (QED) is 0.824. The second-order valence-electron chi connectivity index (χ2n) is 6.39. The van der Waals surface area contributed by atoms with Crippen molar-refractivity contribution >= 4 is 23.2 Å². The molecular weight excluding hydrogens is 336 g/mol. The number of piperidine rings is 1. The van der Waals surface area contributed by atoms with Crippen molar-refractivity contribution in [2.45, 2.75) is 52.5 Å². The second-order valence-corrected chi connectivity index (χ2v) is 6.75. The number of aryl methyl sites for hydroxylation is 2. The number of halogens is 1. The van der Waals surface area contributed by atoms with Crippen LogP contribution in [0.2, 0.25) is 5.15 Å². The Kier molecular flexibility index (Phi) is 5.68. The monoisotopic (exact) mass is 360 g/mol. The van der Waals surface area contributed by atoms with Gasteiger partial charge in [0.1, 0.15) is 28.9 Å². The average Bonchev–Trinajstić information content (AvgIpc) is 2.62. The Labute approximate surface area is 154 Å². The van der Waals surface area contributed by atoms with Gasteiger partial charge in [0, 0.05) is 36.5 Å². The normalized spacial score (nSPS) is 17.6. The van der Waals surface area contributed by atoms with Crippen LogP contribution < -0.4 is 10.2 Å². The Morgan fingerprint density at radius 2 is 2.08 bits per heavy atom. The number of hydrogen-bond acceptors (Lipinski definition) is 6. The fourth-order valence-electron chi connectivity index (χ4n) is 3.24. The summed E-state index contributed by atoms with van der Waals surface area (Å²) in [5.41, 5.74) is 2.06. The molecule has 1 aliphatic heterocycles. The third kappa shape index (κ3) is 4.18. The van der Waals surface area contributed by atoms with Crippen molar-refractivity contribution in [3.8, 4) is 0 Å². The van der Waals surface area contributed by atoms with Gasteiger partial charge in [-0.1, -0.05) is 25.4 Å². The van der Waals surface area contributed by atoms with E-state index < -0.39 is 0 Å². The van der Waals surface area contributed by atoms with E-state index in [-0.39, 0.29) is 0 Å². The molecule has 1 N–H and O–H groups in total. The fraction of sp³-hybridized carbons (Fsp3) is 0.556. The first-order chi connectivity index (χ1) is 12.1. The summed E-state index contributed by atoms with van der Waals surface area (Å²) in [6.45, 7) is 7.97. The predicted molar refractivity (Wildman–Crippen MR) is 101 cm³/mol. The Balaban J connectivity index is 1.76. The Morgan fingerprint density at radius 1 is 1.24 bits per heavy atom. The van der Waals surface area contributed by atoms with Crippen LogP contribution in [0.3, 0.4) is 0 Å². The molecule has 134 valence electrons. The molecule has 6 nitrogen and oxygen atoms in total. The molecule has 3 heterocycles. The lowest BCUT2D eigenvalue weighted by Crippen LogP contribution is -2.43. The number of hydrogen-bond donors (Lipinski definition) is 1. The SMILES string of the molecule is CCc1cc(N2CCCC(Nc3nc(C)nc(Cl)c3CC)C2)ncn1. The number of nitrogens with one attached hydrogen (secondary N) is 1. The summed E-state index contributed by atoms with van der Waals surface area (Å²) in [7, 11) is 0. The van der Waals surface area contributed by atoms with E-state index in [1.807, 2.05) is 6.92 Å². The van der Waals surface area contributed by atoms with Gasteiger partial charge in [0.15, 0.2) is 0 Å². The van der Waals surface area contributed by atoms with Gasteiger partial charge in [-0.05, 0) is 32.6 Å². The van der Waals surface area contributed by atoms with E-state index in [0.29, 0.717) is 17.0 Å². The van der Waals surface area contributed by atoms with Gasteiger partial charge in [-0.2, -0.15) is 0 Å². The molecule has 0 bridgehead atoms. The van der Waals surface area contributed by atoms with Crippen molar-refractivity contribution < 1.29 is 0 Å². The molecule has 2 aromatic heterocycles. The van der Waals surface area contributed by atoms with E-state index in [1.54, 1.807) is 6.33 Å². The van der Waals surface area contributed by atoms with Crippen LogP contribution in [-0.4, -0.2) is 39.1 Å². The summed E-state index contributed by atoms with van der Waals surface area (Å²) in [5, 5.41) is 4.14. The highest BCUT2D eigenvalue weighted by atomic mass is 35.5. The molecule has 0 aliphatic carbocycles. The van der Waals surface area contributed by atoms with Crippen LogP contribution in [0, 0.1) is 6.92 Å². The lowest BCUT2D eigenvalue weighted by molar-refractivity contribution is 0.524. The van der Waals surface area contributed by atoms with E-state index in [1.165, 1.54) is 0 Å². The summed E-state index contributed by atoms with van der Waals surface area (Å²) < 4.78 is 0. The molecule has 3 rings (SSSR count). The highest BCUT2D eigenvalue weighted by Gasteiger charge is 2.23. The maximum atomic E-state index is 6.29. The topological polar surface area (TPSA) is 66.8 Å². The minimum absolute atomic E-state index is 0.310. The van der Waals surface area contributed by atoms with Crippen LogP contribution in [0.5, 0.6) is 0 Å². The van der Waals surface area contributed by atoms with Crippen LogP contribution >= 0.6 is 11.6 Å². The zero-order valence-corrected chi connectivity index (χ0v) is 15.8. The summed E-state index contributed by atoms with van der Waals surface area (Å²) in [4.78, 5) is 19.9. The van der Waals surface area contributed by atoms with E-state index >= 15 is 0 Å². The molecule has 1 fully saturated rings. The van der Waals surface area contributed by atoms with Crippen LogP contribution in [0.15, 0.2) is 12.4 Å². The van der Waals surface area contributed by atoms with Crippen LogP contribution in [0.4, 0.5) is 11.6 Å². The van der Waals surface area contributed by atoms with Crippen LogP contribution in [0.25, 0.3) is 0 Å². The summed E-state index contributed by atoms with van der Waals surface area (Å²) in [6, 6.07) is 2.40. The summed E-state index contributed by atoms with van der Waals surface area (Å²) in [6.07, 6.45) is 5.61. The van der Waals surface area contributed by atoms with E-state index in [9.17, 15) is 0 Å². The van der Waals surface area contributed by atoms with Crippen LogP contribution in [-0.2, 0) is 12.8 Å². The third-order valence-electron chi connectivity index (χ3n) is 4.58. The van der Waals surface area contributed by atoms with Gasteiger partial charge in [0.2, 0.25) is 0 Å². The van der Waals surface area contributed by atoms with Crippen molar-refractivity contribution in [2.24, 2.45) is 0 Å². The molecule has 1 aliphatic rings. The van der Waals surface area contributed by atoms with Crippen molar-refractivity contribution in [1.29, 1.82) is 0 Å². The zero-order valence-electron chi connectivity index (χ0n) is 15.1. The summed E-state index contributed by atoms with van der Waals surface area (Å²) >= 11 is 6.29. The smallest absolute Gasteiger partial charge is 0.138 e. The average molecular weight is 361 g/mol. The predicted octanol–water partition coefficient (Wildman–Crippen LogP) is 3.43. The van der Waals surface area contributed by atoms with E-state index in [0.717, 1.165) is 61.7 Å². The lowest BCUT2D eigenvalue weighted by atomic mass is 10.0. The molecule has 0 saturated carbocycles. The molecule has 2 aromatic rings. The first kappa shape index (κ1) is 17.9. The maximum absolute atomic E-state index is 6.29. The third-order valence-corrected chi connectivity index (χ3v) is 4.89. The minimum Gasteiger partial charge on any atom is -0.365 e. The molecule has 0 radical (unpaired) electrons. The second kappa shape index (κ2) is 7.95. The van der Waals surface area contributed by atoms with Gasteiger partial charge in [-0.25, -0.2) is 19.9 Å². The minimum atomic E-state index is 0.310. The van der Waals surface area contributed by atoms with Crippen molar-refractivity contribution in [2.75, 3.05) is 23.3 Å². The highest BCUT2D eigenvalue weighted by molar-refractivity contribution is 6.30. The molecule has 0 aromatic carbocycles. The zero-order chi connectivity index (χ0) is 17.8. The van der Waals surface area contributed by atoms with Gasteiger partial charge in [-0.15, -0.1) is 0 Å². The number of anilines is 2. The lowest BCUT2D eigenvalue weighted by Gasteiger charge is -2.34. The van der Waals surface area contributed by atoms with Crippen LogP contribution in [0.1, 0.15) is 43.8 Å². The Hall–Kier alpha value is -1.95. The largest absolute Gasteiger partial charge is 0.365 e. The maximum Gasteiger partial charge on any atom is 0.138 e. The van der Waals surface area contributed by atoms with Gasteiger partial charge in [0.05, 0.1) is 0 Å². The molecule has 0 spiro atoms. The first-order valence-corrected chi connectivity index (χ1v) is 9.33. The van der Waals surface area contributed by atoms with E-state index in [4.69, 9.17) is 11.6 Å². The van der Waals surface area contributed by atoms with Gasteiger partial charge in [0.25, 0.3) is 0 Å². The Morgan fingerprint density at radius 3 is 2.84 bits per heavy atom. The molecule has 1 saturated heterocycles. The van der Waals surface area contributed by atoms with E-state index in [2.05, 4.69) is 50.1 Å². The number of nitrogens with zero attached hydrogens (tertiary/aromatic N) is 5. The standard InChI is InChI=1S/C18H25ClN6/c1-4-13-9-16(21-11-20-13)25-8-6-7-14(10-25)24-18-15(5-2)17(19)22-12(3)23-18/h9,11,14H,4-8,10H2,1-3H3,(H,22,23,24). The molecule has 1 atom stereocenters. The fourth-order valence-corrected chi connectivity index (χ4v) is 3.59. The number of rotatable bonds is 5. The first-order valence-electron chi connectivity index (χ1n) is 8.96. The highest BCUT2D eigenvalue weighted by Crippen LogP contribution is 2.25. The summed E-state index contributed by atoms with van der Waals surface area (Å²) in [5.74, 6) is 2.57. The van der Waals surface area contributed by atoms with Crippen molar-refractivity contribution in [1.82, 2.24) is 19.9 Å². The van der Waals surface area contributed by atoms with Crippen molar-refractivity contribution in [3.63, 3.8) is 0 Å². The van der Waals surface area contributed by atoms with Gasteiger partial charge in [-0.3, -0.25) is 0 Å². The molecule has 0 amide bonds. The van der Waals surface area contributed by atoms with Crippen molar-refractivity contribution in [3.05, 3.63) is 34.6 Å². The molecule has 1 unspecified atom stereocenters.